The van der Waals surface area contributed by atoms with Gasteiger partial charge >= 0.3 is 0 Å². The van der Waals surface area contributed by atoms with Gasteiger partial charge in [0, 0.05) is 12.1 Å². The van der Waals surface area contributed by atoms with Crippen molar-refractivity contribution >= 4 is 50.9 Å². The number of nitrogens with one attached hydrogen (secondary N) is 1. The van der Waals surface area contributed by atoms with E-state index in [1.165, 1.54) is 23.9 Å². The number of aromatic nitrogens is 1. The van der Waals surface area contributed by atoms with Gasteiger partial charge in [-0.05, 0) is 48.2 Å². The lowest BCUT2D eigenvalue weighted by Gasteiger charge is -1.98. The van der Waals surface area contributed by atoms with Gasteiger partial charge in [-0.2, -0.15) is 5.10 Å². The van der Waals surface area contributed by atoms with Crippen LogP contribution in [-0.4, -0.2) is 16.1 Å². The average Bonchev–Trinajstić information content (AvgIpc) is 3.28. The normalized spacial score (nSPS) is 11.3. The summed E-state index contributed by atoms with van der Waals surface area (Å²) in [6.07, 6.45) is 1.55. The molecule has 0 fully saturated rings. The Labute approximate surface area is 161 Å². The Morgan fingerprint density at radius 2 is 1.96 bits per heavy atom. The number of non-ortho nitro benzene ring substituents is 1. The van der Waals surface area contributed by atoms with E-state index in [1.54, 1.807) is 29.7 Å². The van der Waals surface area contributed by atoms with E-state index in [1.807, 2.05) is 36.4 Å². The van der Waals surface area contributed by atoms with E-state index in [9.17, 15) is 10.1 Å². The molecule has 134 valence electrons. The fourth-order valence-electron chi connectivity index (χ4n) is 2.27. The predicted octanol–water partition coefficient (Wildman–Crippen LogP) is 5.39. The molecule has 4 aromatic rings. The third-order valence-electron chi connectivity index (χ3n) is 3.53. The molecule has 0 unspecified atom stereocenters. The first kappa shape index (κ1) is 17.3. The van der Waals surface area contributed by atoms with Gasteiger partial charge in [-0.15, -0.1) is 11.3 Å². The molecule has 0 saturated heterocycles. The minimum atomic E-state index is -0.444. The summed E-state index contributed by atoms with van der Waals surface area (Å²) < 4.78 is 7.78. The van der Waals surface area contributed by atoms with Crippen molar-refractivity contribution in [1.82, 2.24) is 4.98 Å². The van der Waals surface area contributed by atoms with E-state index in [-0.39, 0.29) is 5.69 Å². The van der Waals surface area contributed by atoms with Crippen LogP contribution in [0.2, 0.25) is 0 Å². The quantitative estimate of drug-likeness (QED) is 0.267. The number of nitrogens with zero attached hydrogens (tertiary/aromatic N) is 3. The summed E-state index contributed by atoms with van der Waals surface area (Å²) in [5, 5.41) is 15.4. The Balaban J connectivity index is 1.38. The molecule has 0 saturated carbocycles. The molecule has 0 aliphatic rings. The lowest BCUT2D eigenvalue weighted by atomic mass is 10.3. The summed E-state index contributed by atoms with van der Waals surface area (Å²) >= 11 is 3.08. The maximum atomic E-state index is 10.6. The highest BCUT2D eigenvalue weighted by atomic mass is 32.2. The van der Waals surface area contributed by atoms with Crippen molar-refractivity contribution in [3.63, 3.8) is 0 Å². The zero-order valence-corrected chi connectivity index (χ0v) is 15.4. The van der Waals surface area contributed by atoms with Gasteiger partial charge in [0.1, 0.15) is 5.76 Å². The SMILES string of the molecule is O=[N+]([O-])c1ccc(N/N=C/c2ccc(Sc3nc4ccccc4s3)o2)cc1. The minimum Gasteiger partial charge on any atom is -0.448 e. The van der Waals surface area contributed by atoms with Crippen molar-refractivity contribution in [1.29, 1.82) is 0 Å². The molecular weight excluding hydrogens is 384 g/mol. The lowest BCUT2D eigenvalue weighted by molar-refractivity contribution is -0.384. The second-order valence-electron chi connectivity index (χ2n) is 5.38. The molecule has 2 heterocycles. The number of fused-ring (bicyclic) bond motifs is 1. The van der Waals surface area contributed by atoms with Crippen LogP contribution >= 0.6 is 23.1 Å². The lowest BCUT2D eigenvalue weighted by Crippen LogP contribution is -1.91. The van der Waals surface area contributed by atoms with Crippen LogP contribution in [0.4, 0.5) is 11.4 Å². The zero-order chi connectivity index (χ0) is 18.6. The van der Waals surface area contributed by atoms with Gasteiger partial charge in [-0.25, -0.2) is 4.98 Å². The number of hydrogen-bond donors (Lipinski definition) is 1. The second kappa shape index (κ2) is 7.60. The van der Waals surface area contributed by atoms with Gasteiger partial charge in [0.15, 0.2) is 9.43 Å². The van der Waals surface area contributed by atoms with Gasteiger partial charge in [-0.1, -0.05) is 12.1 Å². The van der Waals surface area contributed by atoms with E-state index in [0.29, 0.717) is 11.4 Å². The van der Waals surface area contributed by atoms with E-state index >= 15 is 0 Å². The summed E-state index contributed by atoms with van der Waals surface area (Å²) in [4.78, 5) is 14.8. The number of hydrogen-bond acceptors (Lipinski definition) is 8. The molecule has 1 N–H and O–H groups in total. The van der Waals surface area contributed by atoms with Crippen molar-refractivity contribution < 1.29 is 9.34 Å². The Morgan fingerprint density at radius 3 is 2.74 bits per heavy atom. The molecule has 0 bridgehead atoms. The number of thiazole rings is 1. The standard InChI is InChI=1S/C18H12N4O3S2/c23-22(24)13-7-5-12(6-8-13)21-19-11-14-9-10-17(25-14)27-18-20-15-3-1-2-4-16(15)26-18/h1-11,21H/b19-11+. The van der Waals surface area contributed by atoms with E-state index in [2.05, 4.69) is 15.5 Å². The largest absolute Gasteiger partial charge is 0.448 e. The van der Waals surface area contributed by atoms with E-state index < -0.39 is 4.92 Å². The number of furan rings is 1. The van der Waals surface area contributed by atoms with Crippen LogP contribution in [0.3, 0.4) is 0 Å². The molecule has 0 atom stereocenters. The van der Waals surface area contributed by atoms with Crippen molar-refractivity contribution in [2.75, 3.05) is 5.43 Å². The molecule has 27 heavy (non-hydrogen) atoms. The third kappa shape index (κ3) is 4.15. The molecule has 4 rings (SSSR count). The van der Waals surface area contributed by atoms with Gasteiger partial charge < -0.3 is 4.42 Å². The highest BCUT2D eigenvalue weighted by Gasteiger charge is 2.08. The first-order chi connectivity index (χ1) is 13.2. The predicted molar refractivity (Wildman–Crippen MR) is 107 cm³/mol. The molecule has 0 aliphatic heterocycles. The monoisotopic (exact) mass is 396 g/mol. The maximum Gasteiger partial charge on any atom is 0.269 e. The number of anilines is 1. The second-order valence-corrected chi connectivity index (χ2v) is 7.66. The Morgan fingerprint density at radius 1 is 1.15 bits per heavy atom. The van der Waals surface area contributed by atoms with Crippen LogP contribution < -0.4 is 5.43 Å². The van der Waals surface area contributed by atoms with Gasteiger partial charge in [0.25, 0.3) is 5.69 Å². The Kier molecular flexibility index (Phi) is 4.86. The Bertz CT molecular complexity index is 1090. The van der Waals surface area contributed by atoms with Crippen LogP contribution in [0.5, 0.6) is 0 Å². The molecule has 2 aromatic heterocycles. The maximum absolute atomic E-state index is 10.6. The fourth-order valence-corrected chi connectivity index (χ4v) is 4.24. The summed E-state index contributed by atoms with van der Waals surface area (Å²) in [6.45, 7) is 0. The van der Waals surface area contributed by atoms with Crippen LogP contribution in [0, 0.1) is 10.1 Å². The highest BCUT2D eigenvalue weighted by Crippen LogP contribution is 2.34. The number of nitro groups is 1. The summed E-state index contributed by atoms with van der Waals surface area (Å²) in [5.74, 6) is 0.591. The molecular formula is C18H12N4O3S2. The summed E-state index contributed by atoms with van der Waals surface area (Å²) in [7, 11) is 0. The minimum absolute atomic E-state index is 0.0343. The Hall–Kier alpha value is -3.17. The van der Waals surface area contributed by atoms with Gasteiger partial charge in [0.05, 0.1) is 27.0 Å². The number of benzene rings is 2. The van der Waals surface area contributed by atoms with Crippen molar-refractivity contribution in [2.45, 2.75) is 9.43 Å². The third-order valence-corrected chi connectivity index (χ3v) is 5.55. The number of rotatable bonds is 6. The van der Waals surface area contributed by atoms with Gasteiger partial charge in [-0.3, -0.25) is 15.5 Å². The summed E-state index contributed by atoms with van der Waals surface area (Å²) in [5.41, 5.74) is 4.46. The fraction of sp³-hybridized carbons (Fsp3) is 0. The average molecular weight is 396 g/mol. The van der Waals surface area contributed by atoms with E-state index in [0.717, 1.165) is 19.6 Å². The summed E-state index contributed by atoms with van der Waals surface area (Å²) in [6, 6.07) is 17.7. The van der Waals surface area contributed by atoms with Crippen LogP contribution in [0.15, 0.2) is 79.6 Å². The first-order valence-electron chi connectivity index (χ1n) is 7.84. The molecule has 0 aliphatic carbocycles. The van der Waals surface area contributed by atoms with Crippen LogP contribution in [0.25, 0.3) is 10.2 Å². The van der Waals surface area contributed by atoms with Crippen LogP contribution in [0.1, 0.15) is 5.76 Å². The van der Waals surface area contributed by atoms with Crippen molar-refractivity contribution in [3.8, 4) is 0 Å². The van der Waals surface area contributed by atoms with E-state index in [4.69, 9.17) is 4.42 Å². The zero-order valence-electron chi connectivity index (χ0n) is 13.7. The number of para-hydroxylation sites is 1. The first-order valence-corrected chi connectivity index (χ1v) is 9.47. The van der Waals surface area contributed by atoms with Crippen molar-refractivity contribution in [3.05, 3.63) is 76.5 Å². The highest BCUT2D eigenvalue weighted by molar-refractivity contribution is 8.01. The molecule has 0 radical (unpaired) electrons. The molecule has 9 heteroatoms. The van der Waals surface area contributed by atoms with Crippen LogP contribution in [-0.2, 0) is 0 Å². The topological polar surface area (TPSA) is 93.6 Å². The molecule has 7 nitrogen and oxygen atoms in total. The molecule has 0 amide bonds. The molecule has 2 aromatic carbocycles. The molecule has 0 spiro atoms. The smallest absolute Gasteiger partial charge is 0.269 e. The van der Waals surface area contributed by atoms with Gasteiger partial charge in [0.2, 0.25) is 0 Å². The number of hydrazone groups is 1. The van der Waals surface area contributed by atoms with Crippen molar-refractivity contribution in [2.24, 2.45) is 5.10 Å². The number of nitro benzene ring substituents is 1.